The summed E-state index contributed by atoms with van der Waals surface area (Å²) in [5.74, 6) is -3.48. The minimum atomic E-state index is -1.28. The Bertz CT molecular complexity index is 1110. The van der Waals surface area contributed by atoms with Crippen LogP contribution in [0.3, 0.4) is 0 Å². The predicted octanol–water partition coefficient (Wildman–Crippen LogP) is 2.30. The number of halogens is 1. The smallest absolute Gasteiger partial charge is 0.243 e. The summed E-state index contributed by atoms with van der Waals surface area (Å²) in [5.41, 5.74) is 16.4. The Hall–Kier alpha value is -2.88. The SMILES string of the molecule is CCCCCC[C@@H](OC[C@@H](C)NC(=O)[C@@H](C)COC[C@H](F)CN)[C@@H](C)C(=O)N(C)[C@@H](CC(C)C)C(=O)N[C@H](C(=O)N[C@@H](CN)C(N)=O)C1CCCCC1. The first-order valence-electron chi connectivity index (χ1n) is 19.8. The molecule has 1 saturated carbocycles. The van der Waals surface area contributed by atoms with Gasteiger partial charge in [-0.25, -0.2) is 4.39 Å². The standard InChI is InChI=1S/C38H72FN7O7/c1-8-9-10-14-17-32(53-22-26(5)43-35(48)25(4)21-52-23-29(39)19-40)27(6)38(51)46(7)31(18-24(2)3)36(49)45-33(28-15-12-11-13-16-28)37(50)44-30(20-41)34(42)47/h24-33H,8-23,40-41H2,1-7H3,(H2,42,47)(H,43,48)(H,44,50)(H,45,49)/t25-,26+,27+,29+,30-,31-,32+,33-/m0/s1. The van der Waals surface area contributed by atoms with Crippen molar-refractivity contribution in [1.82, 2.24) is 20.9 Å². The van der Waals surface area contributed by atoms with Crippen molar-refractivity contribution in [2.75, 3.05) is 40.0 Å². The van der Waals surface area contributed by atoms with Crippen LogP contribution in [0, 0.1) is 23.7 Å². The third-order valence-corrected chi connectivity index (χ3v) is 10.0. The maximum absolute atomic E-state index is 14.2. The van der Waals surface area contributed by atoms with Crippen molar-refractivity contribution in [2.24, 2.45) is 40.9 Å². The number of nitrogens with one attached hydrogen (secondary N) is 3. The number of carbonyl (C=O) groups excluding carboxylic acids is 5. The Labute approximate surface area is 317 Å². The summed E-state index contributed by atoms with van der Waals surface area (Å²) in [6.07, 6.45) is 7.47. The Morgan fingerprint density at radius 2 is 1.49 bits per heavy atom. The number of hydrogen-bond donors (Lipinski definition) is 6. The number of rotatable bonds is 27. The van der Waals surface area contributed by atoms with E-state index in [0.29, 0.717) is 12.8 Å². The summed E-state index contributed by atoms with van der Waals surface area (Å²) in [4.78, 5) is 67.9. The molecule has 0 radical (unpaired) electrons. The van der Waals surface area contributed by atoms with E-state index in [-0.39, 0.29) is 62.6 Å². The van der Waals surface area contributed by atoms with Gasteiger partial charge < -0.3 is 47.5 Å². The largest absolute Gasteiger partial charge is 0.378 e. The zero-order chi connectivity index (χ0) is 40.1. The second-order valence-corrected chi connectivity index (χ2v) is 15.4. The first-order valence-corrected chi connectivity index (χ1v) is 19.8. The van der Waals surface area contributed by atoms with Crippen LogP contribution in [-0.2, 0) is 33.4 Å². The van der Waals surface area contributed by atoms with Crippen LogP contribution in [0.2, 0.25) is 0 Å². The topological polar surface area (TPSA) is 221 Å². The van der Waals surface area contributed by atoms with E-state index in [2.05, 4.69) is 22.9 Å². The van der Waals surface area contributed by atoms with Crippen molar-refractivity contribution in [2.45, 2.75) is 149 Å². The maximum Gasteiger partial charge on any atom is 0.243 e. The lowest BCUT2D eigenvalue weighted by Gasteiger charge is -2.36. The molecule has 0 aromatic carbocycles. The van der Waals surface area contributed by atoms with Gasteiger partial charge in [0.1, 0.15) is 24.3 Å². The number of ether oxygens (including phenoxy) is 2. The fraction of sp³-hybridized carbons (Fsp3) is 0.868. The van der Waals surface area contributed by atoms with Gasteiger partial charge in [-0.15, -0.1) is 0 Å². The second kappa shape index (κ2) is 26.0. The molecule has 308 valence electrons. The van der Waals surface area contributed by atoms with E-state index < -0.39 is 60.0 Å². The Morgan fingerprint density at radius 1 is 0.830 bits per heavy atom. The van der Waals surface area contributed by atoms with Gasteiger partial charge in [0.05, 0.1) is 37.8 Å². The summed E-state index contributed by atoms with van der Waals surface area (Å²) < 4.78 is 25.0. The minimum Gasteiger partial charge on any atom is -0.378 e. The van der Waals surface area contributed by atoms with Crippen LogP contribution < -0.4 is 33.2 Å². The van der Waals surface area contributed by atoms with Crippen LogP contribution in [0.5, 0.6) is 0 Å². The lowest BCUT2D eigenvalue weighted by molar-refractivity contribution is -0.147. The van der Waals surface area contributed by atoms with Gasteiger partial charge in [0.25, 0.3) is 0 Å². The highest BCUT2D eigenvalue weighted by Crippen LogP contribution is 2.28. The molecule has 1 aliphatic carbocycles. The molecule has 0 saturated heterocycles. The number of carbonyl (C=O) groups is 5. The number of likely N-dealkylation sites (N-methyl/N-ethyl adjacent to an activating group) is 1. The molecule has 0 bridgehead atoms. The molecule has 0 aliphatic heterocycles. The number of amides is 5. The van der Waals surface area contributed by atoms with Crippen LogP contribution in [-0.4, -0.2) is 111 Å². The van der Waals surface area contributed by atoms with Crippen LogP contribution in [0.15, 0.2) is 0 Å². The van der Waals surface area contributed by atoms with Crippen molar-refractivity contribution in [1.29, 1.82) is 0 Å². The molecule has 9 N–H and O–H groups in total. The second-order valence-electron chi connectivity index (χ2n) is 15.4. The molecule has 14 nitrogen and oxygen atoms in total. The third-order valence-electron chi connectivity index (χ3n) is 10.0. The number of unbranched alkanes of at least 4 members (excludes halogenated alkanes) is 3. The molecule has 1 rings (SSSR count). The zero-order valence-corrected chi connectivity index (χ0v) is 33.5. The summed E-state index contributed by atoms with van der Waals surface area (Å²) in [6, 6.07) is -3.23. The monoisotopic (exact) mass is 758 g/mol. The van der Waals surface area contributed by atoms with E-state index in [9.17, 15) is 28.4 Å². The number of hydrogen-bond acceptors (Lipinski definition) is 9. The summed E-state index contributed by atoms with van der Waals surface area (Å²) in [5, 5.41) is 8.49. The molecule has 53 heavy (non-hydrogen) atoms. The number of nitrogens with zero attached hydrogens (tertiary/aromatic N) is 1. The van der Waals surface area contributed by atoms with Gasteiger partial charge in [0, 0.05) is 26.2 Å². The molecule has 0 aromatic rings. The molecule has 0 aromatic heterocycles. The molecule has 8 atom stereocenters. The van der Waals surface area contributed by atoms with Gasteiger partial charge in [-0.1, -0.05) is 79.6 Å². The highest BCUT2D eigenvalue weighted by atomic mass is 19.1. The highest BCUT2D eigenvalue weighted by Gasteiger charge is 2.38. The molecule has 0 heterocycles. The van der Waals surface area contributed by atoms with Gasteiger partial charge in [0.15, 0.2) is 0 Å². The van der Waals surface area contributed by atoms with Crippen molar-refractivity contribution >= 4 is 29.5 Å². The molecule has 0 unspecified atom stereocenters. The van der Waals surface area contributed by atoms with E-state index in [1.54, 1.807) is 20.9 Å². The summed E-state index contributed by atoms with van der Waals surface area (Å²) in [7, 11) is 1.61. The van der Waals surface area contributed by atoms with Crippen molar-refractivity contribution < 1.29 is 37.8 Å². The van der Waals surface area contributed by atoms with Crippen molar-refractivity contribution in [3.8, 4) is 0 Å². The van der Waals surface area contributed by atoms with E-state index >= 15 is 0 Å². The average molecular weight is 758 g/mol. The number of primary amides is 1. The van der Waals surface area contributed by atoms with E-state index in [1.165, 1.54) is 4.90 Å². The Morgan fingerprint density at radius 3 is 2.06 bits per heavy atom. The van der Waals surface area contributed by atoms with Gasteiger partial charge in [0.2, 0.25) is 29.5 Å². The molecular formula is C38H72FN7O7. The van der Waals surface area contributed by atoms with E-state index in [0.717, 1.165) is 57.8 Å². The summed E-state index contributed by atoms with van der Waals surface area (Å²) in [6.45, 7) is 11.1. The first-order chi connectivity index (χ1) is 25.1. The molecule has 1 fully saturated rings. The van der Waals surface area contributed by atoms with Gasteiger partial charge in [-0.05, 0) is 44.4 Å². The predicted molar refractivity (Wildman–Crippen MR) is 204 cm³/mol. The van der Waals surface area contributed by atoms with Crippen LogP contribution in [0.4, 0.5) is 4.39 Å². The zero-order valence-electron chi connectivity index (χ0n) is 33.5. The third kappa shape index (κ3) is 17.9. The van der Waals surface area contributed by atoms with Crippen molar-refractivity contribution in [3.05, 3.63) is 0 Å². The quantitative estimate of drug-likeness (QED) is 0.0676. The Balaban J connectivity index is 3.13. The highest BCUT2D eigenvalue weighted by molar-refractivity contribution is 5.94. The van der Waals surface area contributed by atoms with Crippen molar-refractivity contribution in [3.63, 3.8) is 0 Å². The maximum atomic E-state index is 14.2. The Kier molecular flexibility index (Phi) is 23.6. The summed E-state index contributed by atoms with van der Waals surface area (Å²) >= 11 is 0. The van der Waals surface area contributed by atoms with Gasteiger partial charge in [-0.3, -0.25) is 24.0 Å². The van der Waals surface area contributed by atoms with E-state index in [1.807, 2.05) is 20.8 Å². The molecular weight excluding hydrogens is 685 g/mol. The lowest BCUT2D eigenvalue weighted by atomic mass is 9.83. The number of nitrogens with two attached hydrogens (primary N) is 3. The first kappa shape index (κ1) is 48.1. The molecule has 0 spiro atoms. The van der Waals surface area contributed by atoms with Gasteiger partial charge in [-0.2, -0.15) is 0 Å². The molecule has 1 aliphatic rings. The minimum absolute atomic E-state index is 0.0483. The lowest BCUT2D eigenvalue weighted by Crippen LogP contribution is -2.60. The van der Waals surface area contributed by atoms with E-state index in [4.69, 9.17) is 26.7 Å². The average Bonchev–Trinajstić information content (AvgIpc) is 3.13. The molecule has 5 amide bonds. The van der Waals surface area contributed by atoms with Crippen LogP contribution >= 0.6 is 0 Å². The fourth-order valence-electron chi connectivity index (χ4n) is 6.60. The van der Waals surface area contributed by atoms with Gasteiger partial charge >= 0.3 is 0 Å². The van der Waals surface area contributed by atoms with Crippen LogP contribution in [0.1, 0.15) is 112 Å². The van der Waals surface area contributed by atoms with Crippen LogP contribution in [0.25, 0.3) is 0 Å². The normalized spacial score (nSPS) is 18.2. The fourth-order valence-corrected chi connectivity index (χ4v) is 6.60. The number of alkyl halides is 1. The molecule has 15 heteroatoms.